The van der Waals surface area contributed by atoms with Crippen molar-refractivity contribution in [1.82, 2.24) is 15.1 Å². The van der Waals surface area contributed by atoms with Gasteiger partial charge in [-0.3, -0.25) is 9.48 Å². The quantitative estimate of drug-likeness (QED) is 0.863. The number of amides is 1. The van der Waals surface area contributed by atoms with E-state index >= 15 is 0 Å². The molecule has 1 amide bonds. The van der Waals surface area contributed by atoms with E-state index < -0.39 is 0 Å². The summed E-state index contributed by atoms with van der Waals surface area (Å²) in [5.41, 5.74) is 0.959. The average Bonchev–Trinajstić information content (AvgIpc) is 2.81. The summed E-state index contributed by atoms with van der Waals surface area (Å²) in [6.45, 7) is 0.311. The zero-order chi connectivity index (χ0) is 13.8. The number of phenolic OH excluding ortho intramolecular Hbond substituents is 1. The van der Waals surface area contributed by atoms with Gasteiger partial charge in [-0.2, -0.15) is 5.10 Å². The minimum atomic E-state index is -0.356. The summed E-state index contributed by atoms with van der Waals surface area (Å²) >= 11 is 0. The maximum Gasteiger partial charge on any atom is 0.255 e. The lowest BCUT2D eigenvalue weighted by Gasteiger charge is -2.07. The van der Waals surface area contributed by atoms with E-state index in [1.165, 1.54) is 19.2 Å². The third-order valence-electron chi connectivity index (χ3n) is 2.65. The van der Waals surface area contributed by atoms with Crippen LogP contribution in [0.15, 0.2) is 30.5 Å². The third kappa shape index (κ3) is 3.04. The van der Waals surface area contributed by atoms with Crippen LogP contribution >= 0.6 is 0 Å². The second-order valence-corrected chi connectivity index (χ2v) is 4.05. The summed E-state index contributed by atoms with van der Waals surface area (Å²) in [5.74, 6) is 0.0300. The van der Waals surface area contributed by atoms with Crippen LogP contribution < -0.4 is 10.1 Å². The molecule has 100 valence electrons. The molecule has 0 fully saturated rings. The zero-order valence-corrected chi connectivity index (χ0v) is 10.8. The average molecular weight is 261 g/mol. The summed E-state index contributed by atoms with van der Waals surface area (Å²) in [6.07, 6.45) is 1.80. The minimum Gasteiger partial charge on any atom is -0.507 e. The highest BCUT2D eigenvalue weighted by Gasteiger charge is 2.12. The molecule has 2 rings (SSSR count). The van der Waals surface area contributed by atoms with Gasteiger partial charge in [0.15, 0.2) is 0 Å². The molecule has 0 spiro atoms. The summed E-state index contributed by atoms with van der Waals surface area (Å²) in [6, 6.07) is 6.35. The van der Waals surface area contributed by atoms with Crippen LogP contribution in [0, 0.1) is 0 Å². The number of ether oxygens (including phenoxy) is 1. The van der Waals surface area contributed by atoms with Crippen molar-refractivity contribution in [3.8, 4) is 11.5 Å². The molecule has 0 bridgehead atoms. The van der Waals surface area contributed by atoms with E-state index in [0.717, 1.165) is 5.69 Å². The third-order valence-corrected chi connectivity index (χ3v) is 2.65. The van der Waals surface area contributed by atoms with E-state index in [-0.39, 0.29) is 17.2 Å². The van der Waals surface area contributed by atoms with E-state index in [2.05, 4.69) is 10.4 Å². The number of nitrogens with one attached hydrogen (secondary N) is 1. The maximum absolute atomic E-state index is 11.9. The maximum atomic E-state index is 11.9. The molecular formula is C13H15N3O3. The normalized spacial score (nSPS) is 10.2. The fourth-order valence-electron chi connectivity index (χ4n) is 1.65. The van der Waals surface area contributed by atoms with Gasteiger partial charge in [-0.15, -0.1) is 0 Å². The zero-order valence-electron chi connectivity index (χ0n) is 10.8. The van der Waals surface area contributed by atoms with E-state index in [9.17, 15) is 9.90 Å². The smallest absolute Gasteiger partial charge is 0.255 e. The highest BCUT2D eigenvalue weighted by Crippen LogP contribution is 2.23. The van der Waals surface area contributed by atoms with Crippen LogP contribution in [0.2, 0.25) is 0 Å². The molecule has 19 heavy (non-hydrogen) atoms. The second kappa shape index (κ2) is 5.43. The number of hydrogen-bond acceptors (Lipinski definition) is 4. The Morgan fingerprint density at radius 2 is 2.26 bits per heavy atom. The Bertz CT molecular complexity index is 593. The number of phenols is 1. The van der Waals surface area contributed by atoms with Gasteiger partial charge in [0.25, 0.3) is 5.91 Å². The molecule has 6 nitrogen and oxygen atoms in total. The number of nitrogens with zero attached hydrogens (tertiary/aromatic N) is 2. The fourth-order valence-corrected chi connectivity index (χ4v) is 1.65. The molecule has 6 heteroatoms. The molecule has 2 aromatic rings. The monoisotopic (exact) mass is 261 g/mol. The van der Waals surface area contributed by atoms with E-state index in [4.69, 9.17) is 4.74 Å². The Kier molecular flexibility index (Phi) is 3.70. The van der Waals surface area contributed by atoms with Crippen LogP contribution in [0.25, 0.3) is 0 Å². The van der Waals surface area contributed by atoms with Gasteiger partial charge in [-0.25, -0.2) is 0 Å². The molecule has 1 aromatic heterocycles. The van der Waals surface area contributed by atoms with Crippen molar-refractivity contribution >= 4 is 5.91 Å². The molecule has 0 atom stereocenters. The van der Waals surface area contributed by atoms with Crippen molar-refractivity contribution in [1.29, 1.82) is 0 Å². The van der Waals surface area contributed by atoms with E-state index in [1.807, 2.05) is 6.07 Å². The number of rotatable bonds is 4. The summed E-state index contributed by atoms with van der Waals surface area (Å²) < 4.78 is 6.62. The number of aryl methyl sites for hydroxylation is 1. The van der Waals surface area contributed by atoms with Crippen LogP contribution in [0.5, 0.6) is 11.5 Å². The number of benzene rings is 1. The van der Waals surface area contributed by atoms with Crippen LogP contribution in [0.1, 0.15) is 16.1 Å². The largest absolute Gasteiger partial charge is 0.507 e. The molecule has 0 aliphatic rings. The molecule has 1 heterocycles. The van der Waals surface area contributed by atoms with E-state index in [0.29, 0.717) is 12.3 Å². The molecule has 0 aliphatic heterocycles. The van der Waals surface area contributed by atoms with Crippen LogP contribution in [0.4, 0.5) is 0 Å². The van der Waals surface area contributed by atoms with Crippen molar-refractivity contribution in [2.24, 2.45) is 7.05 Å². The highest BCUT2D eigenvalue weighted by molar-refractivity contribution is 5.96. The lowest BCUT2D eigenvalue weighted by Crippen LogP contribution is -2.23. The minimum absolute atomic E-state index is 0.113. The van der Waals surface area contributed by atoms with Gasteiger partial charge in [0.1, 0.15) is 11.5 Å². The molecule has 0 saturated carbocycles. The van der Waals surface area contributed by atoms with Gasteiger partial charge in [0.2, 0.25) is 0 Å². The Morgan fingerprint density at radius 3 is 2.84 bits per heavy atom. The molecule has 0 aliphatic carbocycles. The van der Waals surface area contributed by atoms with Gasteiger partial charge in [-0.1, -0.05) is 0 Å². The number of aromatic nitrogens is 2. The number of hydrogen-bond donors (Lipinski definition) is 2. The second-order valence-electron chi connectivity index (χ2n) is 4.05. The Balaban J connectivity index is 2.03. The molecule has 0 radical (unpaired) electrons. The summed E-state index contributed by atoms with van der Waals surface area (Å²) in [4.78, 5) is 11.9. The van der Waals surface area contributed by atoms with E-state index in [1.54, 1.807) is 24.0 Å². The van der Waals surface area contributed by atoms with Crippen LogP contribution in [0.3, 0.4) is 0 Å². The van der Waals surface area contributed by atoms with Gasteiger partial charge < -0.3 is 15.2 Å². The first kappa shape index (κ1) is 12.9. The van der Waals surface area contributed by atoms with Crippen molar-refractivity contribution in [2.45, 2.75) is 6.54 Å². The lowest BCUT2D eigenvalue weighted by molar-refractivity contribution is 0.0947. The number of carbonyl (C=O) groups is 1. The highest BCUT2D eigenvalue weighted by atomic mass is 16.5. The van der Waals surface area contributed by atoms with Crippen LogP contribution in [-0.4, -0.2) is 27.9 Å². The number of methoxy groups -OCH3 is 1. The van der Waals surface area contributed by atoms with Gasteiger partial charge in [0, 0.05) is 19.3 Å². The standard InChI is InChI=1S/C13H15N3O3/c1-16-6-5-9(15-16)8-14-13(18)11-4-3-10(19-2)7-12(11)17/h3-7,17H,8H2,1-2H3,(H,14,18). The predicted molar refractivity (Wildman–Crippen MR) is 69.0 cm³/mol. The molecule has 0 unspecified atom stereocenters. The van der Waals surface area contributed by atoms with Crippen molar-refractivity contribution in [3.63, 3.8) is 0 Å². The molecule has 2 N–H and O–H groups in total. The first-order valence-corrected chi connectivity index (χ1v) is 5.74. The van der Waals surface area contributed by atoms with Gasteiger partial charge >= 0.3 is 0 Å². The van der Waals surface area contributed by atoms with Crippen LogP contribution in [-0.2, 0) is 13.6 Å². The van der Waals surface area contributed by atoms with Gasteiger partial charge in [-0.05, 0) is 18.2 Å². The molecular weight excluding hydrogens is 246 g/mol. The van der Waals surface area contributed by atoms with Crippen molar-refractivity contribution in [2.75, 3.05) is 7.11 Å². The molecule has 1 aromatic carbocycles. The Labute approximate surface area is 110 Å². The predicted octanol–water partition coefficient (Wildman–Crippen LogP) is 1.06. The van der Waals surface area contributed by atoms with Crippen molar-refractivity contribution < 1.29 is 14.6 Å². The van der Waals surface area contributed by atoms with Gasteiger partial charge in [0.05, 0.1) is 24.9 Å². The SMILES string of the molecule is COc1ccc(C(=O)NCc2ccn(C)n2)c(O)c1. The van der Waals surface area contributed by atoms with Crippen molar-refractivity contribution in [3.05, 3.63) is 41.7 Å². The number of aromatic hydroxyl groups is 1. The number of carbonyl (C=O) groups excluding carboxylic acids is 1. The topological polar surface area (TPSA) is 76.4 Å². The Hall–Kier alpha value is -2.50. The first-order chi connectivity index (χ1) is 9.10. The summed E-state index contributed by atoms with van der Waals surface area (Å²) in [7, 11) is 3.30. The lowest BCUT2D eigenvalue weighted by atomic mass is 10.2. The first-order valence-electron chi connectivity index (χ1n) is 5.74. The fraction of sp³-hybridized carbons (Fsp3) is 0.231. The Morgan fingerprint density at radius 1 is 1.47 bits per heavy atom. The summed E-state index contributed by atoms with van der Waals surface area (Å²) in [5, 5.41) is 16.6. The molecule has 0 saturated heterocycles.